The molecule has 0 atom stereocenters. The first-order chi connectivity index (χ1) is 3.13. The zero-order valence-corrected chi connectivity index (χ0v) is 6.55. The van der Waals surface area contributed by atoms with Gasteiger partial charge in [-0.2, -0.15) is 0 Å². The van der Waals surface area contributed by atoms with Crippen LogP contribution in [0, 0.1) is 0 Å². The van der Waals surface area contributed by atoms with Gasteiger partial charge in [-0.05, 0) is 13.8 Å². The van der Waals surface area contributed by atoms with Crippen LogP contribution in [-0.2, 0) is 0 Å². The minimum Gasteiger partial charge on any atom is -0.465 e. The van der Waals surface area contributed by atoms with E-state index < -0.39 is 6.09 Å². The summed E-state index contributed by atoms with van der Waals surface area (Å²) in [6.45, 7) is 3.54. The number of hydrogen-bond acceptors (Lipinski definition) is 1. The average molecular weight is 184 g/mol. The molecular formula is C4H10BrNO2. The fourth-order valence-corrected chi connectivity index (χ4v) is 0.247. The molecule has 0 spiro atoms. The van der Waals surface area contributed by atoms with Gasteiger partial charge < -0.3 is 10.4 Å². The Balaban J connectivity index is 0. The lowest BCUT2D eigenvalue weighted by Crippen LogP contribution is -2.27. The highest BCUT2D eigenvalue weighted by Gasteiger charge is 1.94. The van der Waals surface area contributed by atoms with Crippen LogP contribution in [0.3, 0.4) is 0 Å². The van der Waals surface area contributed by atoms with Crippen molar-refractivity contribution in [2.24, 2.45) is 0 Å². The van der Waals surface area contributed by atoms with Gasteiger partial charge in [-0.3, -0.25) is 0 Å². The van der Waals surface area contributed by atoms with Gasteiger partial charge in [-0.1, -0.05) is 0 Å². The van der Waals surface area contributed by atoms with E-state index >= 15 is 0 Å². The summed E-state index contributed by atoms with van der Waals surface area (Å²) in [5, 5.41) is 10.2. The number of rotatable bonds is 1. The Kier molecular flexibility index (Phi) is 6.54. The number of carboxylic acid groups (broad SMARTS) is 1. The van der Waals surface area contributed by atoms with Gasteiger partial charge in [0, 0.05) is 6.04 Å². The number of amides is 1. The van der Waals surface area contributed by atoms with Gasteiger partial charge in [0.2, 0.25) is 0 Å². The summed E-state index contributed by atoms with van der Waals surface area (Å²) in [6.07, 6.45) is -0.963. The molecule has 0 aliphatic rings. The van der Waals surface area contributed by atoms with Crippen LogP contribution in [0.4, 0.5) is 4.79 Å². The maximum absolute atomic E-state index is 9.70. The molecule has 0 aromatic carbocycles. The molecule has 0 aliphatic heterocycles. The van der Waals surface area contributed by atoms with Gasteiger partial charge in [-0.15, -0.1) is 17.0 Å². The summed E-state index contributed by atoms with van der Waals surface area (Å²) >= 11 is 0. The zero-order valence-electron chi connectivity index (χ0n) is 4.84. The Morgan fingerprint density at radius 2 is 2.00 bits per heavy atom. The first-order valence-electron chi connectivity index (χ1n) is 2.12. The van der Waals surface area contributed by atoms with E-state index in [0.29, 0.717) is 0 Å². The molecule has 0 fully saturated rings. The minimum atomic E-state index is -0.963. The van der Waals surface area contributed by atoms with Gasteiger partial charge in [-0.25, -0.2) is 4.79 Å². The van der Waals surface area contributed by atoms with E-state index in [1.54, 1.807) is 13.8 Å². The van der Waals surface area contributed by atoms with E-state index in [9.17, 15) is 4.79 Å². The molecular weight excluding hydrogens is 174 g/mol. The molecule has 4 heteroatoms. The fourth-order valence-electron chi connectivity index (χ4n) is 0.247. The zero-order chi connectivity index (χ0) is 5.86. The van der Waals surface area contributed by atoms with Gasteiger partial charge in [0.05, 0.1) is 0 Å². The van der Waals surface area contributed by atoms with E-state index in [2.05, 4.69) is 5.32 Å². The Morgan fingerprint density at radius 3 is 2.00 bits per heavy atom. The Morgan fingerprint density at radius 1 is 1.62 bits per heavy atom. The molecule has 0 aliphatic carbocycles. The fraction of sp³-hybridized carbons (Fsp3) is 0.750. The van der Waals surface area contributed by atoms with Gasteiger partial charge in [0.15, 0.2) is 0 Å². The van der Waals surface area contributed by atoms with Crippen molar-refractivity contribution >= 4 is 23.1 Å². The van der Waals surface area contributed by atoms with Crippen molar-refractivity contribution in [1.29, 1.82) is 0 Å². The van der Waals surface area contributed by atoms with Crippen molar-refractivity contribution in [3.63, 3.8) is 0 Å². The smallest absolute Gasteiger partial charge is 0.404 e. The van der Waals surface area contributed by atoms with Crippen molar-refractivity contribution in [2.45, 2.75) is 19.9 Å². The number of halogens is 1. The maximum Gasteiger partial charge on any atom is 0.404 e. The lowest BCUT2D eigenvalue weighted by molar-refractivity contribution is 0.191. The number of hydrogen-bond donors (Lipinski definition) is 2. The van der Waals surface area contributed by atoms with Gasteiger partial charge in [0.1, 0.15) is 0 Å². The molecule has 0 saturated heterocycles. The first-order valence-corrected chi connectivity index (χ1v) is 2.12. The third-order valence-electron chi connectivity index (χ3n) is 0.412. The van der Waals surface area contributed by atoms with E-state index in [1.807, 2.05) is 0 Å². The van der Waals surface area contributed by atoms with Crippen LogP contribution in [0.1, 0.15) is 13.8 Å². The summed E-state index contributed by atoms with van der Waals surface area (Å²) in [5.41, 5.74) is 0. The first kappa shape index (κ1) is 10.7. The van der Waals surface area contributed by atoms with E-state index in [1.165, 1.54) is 0 Å². The van der Waals surface area contributed by atoms with E-state index in [4.69, 9.17) is 5.11 Å². The second kappa shape index (κ2) is 4.90. The molecule has 0 bridgehead atoms. The Labute approximate surface area is 58.9 Å². The summed E-state index contributed by atoms with van der Waals surface area (Å²) in [7, 11) is 0. The van der Waals surface area contributed by atoms with E-state index in [-0.39, 0.29) is 23.0 Å². The van der Waals surface area contributed by atoms with Gasteiger partial charge >= 0.3 is 6.09 Å². The molecule has 0 unspecified atom stereocenters. The Hall–Kier alpha value is -0.250. The second-order valence-electron chi connectivity index (χ2n) is 1.60. The van der Waals surface area contributed by atoms with Crippen LogP contribution >= 0.6 is 17.0 Å². The lowest BCUT2D eigenvalue weighted by Gasteiger charge is -2.00. The largest absolute Gasteiger partial charge is 0.465 e. The molecule has 0 radical (unpaired) electrons. The molecule has 0 heterocycles. The van der Waals surface area contributed by atoms with Gasteiger partial charge in [0.25, 0.3) is 0 Å². The highest BCUT2D eigenvalue weighted by molar-refractivity contribution is 8.93. The summed E-state index contributed by atoms with van der Waals surface area (Å²) in [4.78, 5) is 9.70. The summed E-state index contributed by atoms with van der Waals surface area (Å²) < 4.78 is 0. The van der Waals surface area contributed by atoms with Crippen LogP contribution in [0.15, 0.2) is 0 Å². The van der Waals surface area contributed by atoms with Crippen molar-refractivity contribution in [3.8, 4) is 0 Å². The second-order valence-corrected chi connectivity index (χ2v) is 1.60. The minimum absolute atomic E-state index is 0. The van der Waals surface area contributed by atoms with Crippen LogP contribution in [-0.4, -0.2) is 17.2 Å². The molecule has 8 heavy (non-hydrogen) atoms. The molecule has 50 valence electrons. The summed E-state index contributed by atoms with van der Waals surface area (Å²) in [6, 6.07) is 0.0255. The average Bonchev–Trinajstić information content (AvgIpc) is 1.27. The van der Waals surface area contributed by atoms with Crippen molar-refractivity contribution in [1.82, 2.24) is 5.32 Å². The Bertz CT molecular complexity index is 74.4. The van der Waals surface area contributed by atoms with Crippen molar-refractivity contribution < 1.29 is 9.90 Å². The third-order valence-corrected chi connectivity index (χ3v) is 0.412. The summed E-state index contributed by atoms with van der Waals surface area (Å²) in [5.74, 6) is 0. The number of carbonyl (C=O) groups is 1. The predicted molar refractivity (Wildman–Crippen MR) is 36.6 cm³/mol. The maximum atomic E-state index is 9.70. The monoisotopic (exact) mass is 183 g/mol. The lowest BCUT2D eigenvalue weighted by atomic mass is 10.4. The van der Waals surface area contributed by atoms with Crippen LogP contribution in [0.25, 0.3) is 0 Å². The molecule has 0 saturated carbocycles. The molecule has 0 rings (SSSR count). The van der Waals surface area contributed by atoms with Crippen LogP contribution in [0.5, 0.6) is 0 Å². The quantitative estimate of drug-likeness (QED) is 0.643. The highest BCUT2D eigenvalue weighted by Crippen LogP contribution is 1.72. The highest BCUT2D eigenvalue weighted by atomic mass is 79.9. The van der Waals surface area contributed by atoms with Crippen LogP contribution < -0.4 is 5.32 Å². The molecule has 0 aromatic heterocycles. The van der Waals surface area contributed by atoms with Crippen LogP contribution in [0.2, 0.25) is 0 Å². The molecule has 2 N–H and O–H groups in total. The molecule has 3 nitrogen and oxygen atoms in total. The van der Waals surface area contributed by atoms with E-state index in [0.717, 1.165) is 0 Å². The topological polar surface area (TPSA) is 49.3 Å². The van der Waals surface area contributed by atoms with Crippen molar-refractivity contribution in [2.75, 3.05) is 0 Å². The number of nitrogens with one attached hydrogen (secondary N) is 1. The predicted octanol–water partition coefficient (Wildman–Crippen LogP) is 1.24. The normalized spacial score (nSPS) is 7.88. The third kappa shape index (κ3) is 9.23. The van der Waals surface area contributed by atoms with Crippen molar-refractivity contribution in [3.05, 3.63) is 0 Å². The SMILES string of the molecule is Br.CC(C)NC(=O)O. The molecule has 0 aromatic rings. The standard InChI is InChI=1S/C4H9NO2.BrH/c1-3(2)5-4(6)7;/h3,5H,1-2H3,(H,6,7);1H. The molecule has 1 amide bonds.